The number of nitrogens with one attached hydrogen (secondary N) is 1. The van der Waals surface area contributed by atoms with Crippen molar-refractivity contribution in [3.8, 4) is 0 Å². The maximum Gasteiger partial charge on any atom is 0.253 e. The Bertz CT molecular complexity index is 525. The molecular weight excluding hydrogens is 262 g/mol. The van der Waals surface area contributed by atoms with Gasteiger partial charge in [-0.05, 0) is 43.5 Å². The van der Waals surface area contributed by atoms with E-state index in [-0.39, 0.29) is 24.5 Å². The Kier molecular flexibility index (Phi) is 4.27. The number of hydrogen-bond acceptors (Lipinski definition) is 2. The van der Waals surface area contributed by atoms with E-state index in [1.807, 2.05) is 38.1 Å². The monoisotopic (exact) mass is 279 g/mol. The average Bonchev–Trinajstić information content (AvgIpc) is 2.81. The largest absolute Gasteiger partial charge is 0.396 e. The second-order valence-corrected chi connectivity index (χ2v) is 5.47. The average molecular weight is 280 g/mol. The molecule has 0 unspecified atom stereocenters. The van der Waals surface area contributed by atoms with Gasteiger partial charge in [-0.25, -0.2) is 0 Å². The number of rotatable bonds is 3. The van der Waals surface area contributed by atoms with Crippen molar-refractivity contribution >= 4 is 17.5 Å². The van der Waals surface area contributed by atoms with Gasteiger partial charge in [0, 0.05) is 18.6 Å². The number of aliphatic hydroxyl groups is 1. The second-order valence-electron chi connectivity index (χ2n) is 5.06. The Balaban J connectivity index is 2.09. The predicted molar refractivity (Wildman–Crippen MR) is 76.5 cm³/mol. The van der Waals surface area contributed by atoms with Crippen LogP contribution in [0.5, 0.6) is 0 Å². The highest BCUT2D eigenvalue weighted by Crippen LogP contribution is 2.22. The normalized spacial score (nSPS) is 21.7. The lowest BCUT2D eigenvalue weighted by Crippen LogP contribution is -2.33. The number of hydrogen-bond donors (Lipinski definition) is 2. The highest BCUT2D eigenvalue weighted by atomic mass is 35.5. The molecule has 1 aromatic carbocycles. The van der Waals surface area contributed by atoms with E-state index < -0.39 is 0 Å². The molecule has 1 amide bonds. The molecule has 1 aliphatic rings. The fourth-order valence-corrected chi connectivity index (χ4v) is 2.52. The fraction of sp³-hybridized carbons (Fsp3) is 0.400. The summed E-state index contributed by atoms with van der Waals surface area (Å²) in [6.45, 7) is 4.04. The van der Waals surface area contributed by atoms with E-state index >= 15 is 0 Å². The number of aryl methyl sites for hydroxylation is 2. The molecule has 102 valence electrons. The zero-order valence-corrected chi connectivity index (χ0v) is 11.9. The minimum Gasteiger partial charge on any atom is -0.396 e. The molecule has 2 N–H and O–H groups in total. The van der Waals surface area contributed by atoms with Gasteiger partial charge in [0.25, 0.3) is 5.91 Å². The molecule has 1 aromatic rings. The lowest BCUT2D eigenvalue weighted by molar-refractivity contribution is 0.0941. The topological polar surface area (TPSA) is 49.3 Å². The van der Waals surface area contributed by atoms with Crippen molar-refractivity contribution in [2.24, 2.45) is 5.92 Å². The molecule has 0 spiro atoms. The standard InChI is InChI=1S/C15H18ClNO2/c1-9-5-13(14(16)6-10(9)2)15(19)17-12-4-3-11(7-12)8-18/h3-6,11-12,18H,7-8H2,1-2H3,(H,17,19)/t11-,12+/m0/s1. The molecular formula is C15H18ClNO2. The fourth-order valence-electron chi connectivity index (χ4n) is 2.22. The Labute approximate surface area is 118 Å². The van der Waals surface area contributed by atoms with Crippen LogP contribution in [0.3, 0.4) is 0 Å². The summed E-state index contributed by atoms with van der Waals surface area (Å²) in [7, 11) is 0. The molecule has 19 heavy (non-hydrogen) atoms. The highest BCUT2D eigenvalue weighted by molar-refractivity contribution is 6.34. The maximum absolute atomic E-state index is 12.2. The first-order valence-corrected chi connectivity index (χ1v) is 6.76. The smallest absolute Gasteiger partial charge is 0.253 e. The molecule has 0 heterocycles. The van der Waals surface area contributed by atoms with Crippen LogP contribution in [0.25, 0.3) is 0 Å². The predicted octanol–water partition coefficient (Wildman–Crippen LogP) is 2.62. The summed E-state index contributed by atoms with van der Waals surface area (Å²) in [6, 6.07) is 3.60. The molecule has 0 saturated heterocycles. The second kappa shape index (κ2) is 5.76. The van der Waals surface area contributed by atoms with Gasteiger partial charge in [-0.3, -0.25) is 4.79 Å². The first-order valence-electron chi connectivity index (χ1n) is 6.38. The van der Waals surface area contributed by atoms with E-state index in [1.54, 1.807) is 0 Å². The van der Waals surface area contributed by atoms with Crippen molar-refractivity contribution in [2.45, 2.75) is 26.3 Å². The summed E-state index contributed by atoms with van der Waals surface area (Å²) in [6.07, 6.45) is 4.60. The quantitative estimate of drug-likeness (QED) is 0.836. The summed E-state index contributed by atoms with van der Waals surface area (Å²) in [5, 5.41) is 12.5. The first-order chi connectivity index (χ1) is 9.01. The van der Waals surface area contributed by atoms with Gasteiger partial charge in [0.2, 0.25) is 0 Å². The van der Waals surface area contributed by atoms with Crippen LogP contribution in [-0.4, -0.2) is 23.7 Å². The lowest BCUT2D eigenvalue weighted by Gasteiger charge is -2.14. The van der Waals surface area contributed by atoms with Gasteiger partial charge in [0.1, 0.15) is 0 Å². The highest BCUT2D eigenvalue weighted by Gasteiger charge is 2.21. The molecule has 0 bridgehead atoms. The van der Waals surface area contributed by atoms with Gasteiger partial charge in [0.15, 0.2) is 0 Å². The van der Waals surface area contributed by atoms with E-state index in [0.717, 1.165) is 17.5 Å². The van der Waals surface area contributed by atoms with Crippen LogP contribution in [0.4, 0.5) is 0 Å². The van der Waals surface area contributed by atoms with E-state index in [4.69, 9.17) is 16.7 Å². The van der Waals surface area contributed by atoms with Crippen LogP contribution in [0.2, 0.25) is 5.02 Å². The summed E-state index contributed by atoms with van der Waals surface area (Å²) in [4.78, 5) is 12.2. The van der Waals surface area contributed by atoms with Crippen LogP contribution >= 0.6 is 11.6 Å². The molecule has 2 atom stereocenters. The third kappa shape index (κ3) is 3.17. The van der Waals surface area contributed by atoms with Gasteiger partial charge in [-0.2, -0.15) is 0 Å². The lowest BCUT2D eigenvalue weighted by atomic mass is 10.0. The van der Waals surface area contributed by atoms with Crippen molar-refractivity contribution in [1.82, 2.24) is 5.32 Å². The van der Waals surface area contributed by atoms with Crippen molar-refractivity contribution < 1.29 is 9.90 Å². The van der Waals surface area contributed by atoms with Gasteiger partial charge >= 0.3 is 0 Å². The minimum absolute atomic E-state index is 0.0256. The van der Waals surface area contributed by atoms with Gasteiger partial charge in [-0.15, -0.1) is 0 Å². The van der Waals surface area contributed by atoms with Crippen molar-refractivity contribution in [1.29, 1.82) is 0 Å². The van der Waals surface area contributed by atoms with Gasteiger partial charge in [0.05, 0.1) is 10.6 Å². The molecule has 0 aromatic heterocycles. The number of aliphatic hydroxyl groups excluding tert-OH is 1. The van der Waals surface area contributed by atoms with Crippen molar-refractivity contribution in [3.05, 3.63) is 46.0 Å². The van der Waals surface area contributed by atoms with E-state index in [9.17, 15) is 4.79 Å². The zero-order chi connectivity index (χ0) is 14.0. The zero-order valence-electron chi connectivity index (χ0n) is 11.1. The number of benzene rings is 1. The van der Waals surface area contributed by atoms with Gasteiger partial charge in [-0.1, -0.05) is 23.8 Å². The summed E-state index contributed by atoms with van der Waals surface area (Å²) < 4.78 is 0. The molecule has 2 rings (SSSR count). The van der Waals surface area contributed by atoms with Crippen molar-refractivity contribution in [2.75, 3.05) is 6.61 Å². The third-order valence-corrected chi connectivity index (χ3v) is 3.86. The minimum atomic E-state index is -0.165. The van der Waals surface area contributed by atoms with E-state index in [1.165, 1.54) is 0 Å². The van der Waals surface area contributed by atoms with Crippen LogP contribution < -0.4 is 5.32 Å². The SMILES string of the molecule is Cc1cc(Cl)c(C(=O)N[C@@H]2C=C[C@H](CO)C2)cc1C. The van der Waals surface area contributed by atoms with Gasteiger partial charge < -0.3 is 10.4 Å². The van der Waals surface area contributed by atoms with Crippen LogP contribution in [0.1, 0.15) is 27.9 Å². The molecule has 3 nitrogen and oxygen atoms in total. The molecule has 0 fully saturated rings. The summed E-state index contributed by atoms with van der Waals surface area (Å²) >= 11 is 6.12. The molecule has 1 aliphatic carbocycles. The number of carbonyl (C=O) groups is 1. The Morgan fingerprint density at radius 3 is 2.68 bits per heavy atom. The number of carbonyl (C=O) groups excluding carboxylic acids is 1. The Morgan fingerprint density at radius 2 is 2.05 bits per heavy atom. The number of halogens is 1. The molecule has 0 radical (unpaired) electrons. The van der Waals surface area contributed by atoms with Crippen LogP contribution in [0, 0.1) is 19.8 Å². The number of amides is 1. The maximum atomic E-state index is 12.2. The third-order valence-electron chi connectivity index (χ3n) is 3.55. The molecule has 4 heteroatoms. The van der Waals surface area contributed by atoms with Crippen molar-refractivity contribution in [3.63, 3.8) is 0 Å². The van der Waals surface area contributed by atoms with Crippen LogP contribution in [0.15, 0.2) is 24.3 Å². The molecule has 0 aliphatic heterocycles. The Hall–Kier alpha value is -1.32. The van der Waals surface area contributed by atoms with E-state index in [2.05, 4.69) is 5.32 Å². The first kappa shape index (κ1) is 14.1. The Morgan fingerprint density at radius 1 is 1.37 bits per heavy atom. The summed E-state index contributed by atoms with van der Waals surface area (Å²) in [5.41, 5.74) is 2.62. The van der Waals surface area contributed by atoms with Crippen LogP contribution in [-0.2, 0) is 0 Å². The summed E-state index contributed by atoms with van der Waals surface area (Å²) in [5.74, 6) is -0.0261. The molecule has 0 saturated carbocycles. The van der Waals surface area contributed by atoms with E-state index in [0.29, 0.717) is 10.6 Å².